The summed E-state index contributed by atoms with van der Waals surface area (Å²) in [6.07, 6.45) is 2.10. The van der Waals surface area contributed by atoms with Gasteiger partial charge in [0.1, 0.15) is 12.6 Å². The van der Waals surface area contributed by atoms with E-state index in [1.54, 1.807) is 0 Å². The molecule has 2 aliphatic rings. The summed E-state index contributed by atoms with van der Waals surface area (Å²) in [5.41, 5.74) is 16.1. The zero-order valence-corrected chi connectivity index (χ0v) is 26.8. The third-order valence-electron chi connectivity index (χ3n) is 10.2. The summed E-state index contributed by atoms with van der Waals surface area (Å²) in [4.78, 5) is 4.86. The van der Waals surface area contributed by atoms with Crippen LogP contribution in [0, 0.1) is 6.92 Å². The Labute approximate surface area is 279 Å². The van der Waals surface area contributed by atoms with Gasteiger partial charge in [-0.05, 0) is 77.4 Å². The highest BCUT2D eigenvalue weighted by molar-refractivity contribution is 7.00. The molecule has 48 heavy (non-hydrogen) atoms. The van der Waals surface area contributed by atoms with Crippen LogP contribution in [0.25, 0.3) is 33.2 Å². The van der Waals surface area contributed by atoms with Crippen LogP contribution in [-0.4, -0.2) is 6.71 Å². The molecule has 0 amide bonds. The normalized spacial score (nSPS) is 13.1. The molecule has 0 saturated heterocycles. The van der Waals surface area contributed by atoms with Crippen molar-refractivity contribution in [1.82, 2.24) is 0 Å². The second kappa shape index (κ2) is 10.2. The Morgan fingerprint density at radius 1 is 0.542 bits per heavy atom. The lowest BCUT2D eigenvalue weighted by molar-refractivity contribution is -0.660. The molecule has 6 aromatic carbocycles. The molecular weight excluding hydrogens is 585 g/mol. The SMILES string of the molecule is Cc1ccc2c(oc3c4c(ccc32)B2c3ccccc3N(c3ccccc3)c3cccc(c32)N4c2ccccc2)c1-c1cccc[n+]1C. The van der Waals surface area contributed by atoms with Gasteiger partial charge in [-0.1, -0.05) is 84.9 Å². The van der Waals surface area contributed by atoms with Crippen molar-refractivity contribution in [2.75, 3.05) is 9.80 Å². The topological polar surface area (TPSA) is 23.5 Å². The van der Waals surface area contributed by atoms with Crippen molar-refractivity contribution < 1.29 is 8.98 Å². The van der Waals surface area contributed by atoms with E-state index in [1.165, 1.54) is 39.0 Å². The van der Waals surface area contributed by atoms with E-state index < -0.39 is 0 Å². The van der Waals surface area contributed by atoms with Crippen LogP contribution in [0.5, 0.6) is 0 Å². The summed E-state index contributed by atoms with van der Waals surface area (Å²) in [6, 6.07) is 52.5. The Kier molecular flexibility index (Phi) is 5.77. The molecule has 5 heteroatoms. The fraction of sp³-hybridized carbons (Fsp3) is 0.0465. The molecule has 0 fully saturated rings. The zero-order chi connectivity index (χ0) is 31.9. The molecule has 226 valence electrons. The third kappa shape index (κ3) is 3.70. The van der Waals surface area contributed by atoms with E-state index in [1.807, 2.05) is 0 Å². The van der Waals surface area contributed by atoms with Gasteiger partial charge in [0.2, 0.25) is 5.69 Å². The number of aromatic nitrogens is 1. The van der Waals surface area contributed by atoms with E-state index in [9.17, 15) is 0 Å². The van der Waals surface area contributed by atoms with E-state index >= 15 is 0 Å². The molecule has 4 nitrogen and oxygen atoms in total. The van der Waals surface area contributed by atoms with Crippen molar-refractivity contribution in [1.29, 1.82) is 0 Å². The van der Waals surface area contributed by atoms with E-state index in [2.05, 4.69) is 180 Å². The predicted molar refractivity (Wildman–Crippen MR) is 199 cm³/mol. The minimum atomic E-state index is 0.0352. The first-order chi connectivity index (χ1) is 23.7. The molecule has 2 aliphatic heterocycles. The second-order valence-corrected chi connectivity index (χ2v) is 12.9. The number of anilines is 6. The molecule has 0 unspecified atom stereocenters. The van der Waals surface area contributed by atoms with E-state index in [-0.39, 0.29) is 6.71 Å². The fourth-order valence-corrected chi connectivity index (χ4v) is 8.16. The molecule has 0 bridgehead atoms. The highest BCUT2D eigenvalue weighted by Gasteiger charge is 2.44. The average molecular weight is 617 g/mol. The van der Waals surface area contributed by atoms with Gasteiger partial charge in [-0.25, -0.2) is 4.57 Å². The van der Waals surface area contributed by atoms with Crippen LogP contribution >= 0.6 is 0 Å². The van der Waals surface area contributed by atoms with Crippen molar-refractivity contribution in [3.05, 3.63) is 157 Å². The fourth-order valence-electron chi connectivity index (χ4n) is 8.16. The van der Waals surface area contributed by atoms with Crippen molar-refractivity contribution in [3.8, 4) is 11.3 Å². The lowest BCUT2D eigenvalue weighted by Crippen LogP contribution is -2.61. The van der Waals surface area contributed by atoms with E-state index in [0.717, 1.165) is 50.3 Å². The van der Waals surface area contributed by atoms with Crippen molar-refractivity contribution in [3.63, 3.8) is 0 Å². The lowest BCUT2D eigenvalue weighted by Gasteiger charge is -2.43. The minimum Gasteiger partial charge on any atom is -0.453 e. The van der Waals surface area contributed by atoms with Crippen LogP contribution in [-0.2, 0) is 7.05 Å². The van der Waals surface area contributed by atoms with Gasteiger partial charge in [0.05, 0.1) is 11.3 Å². The third-order valence-corrected chi connectivity index (χ3v) is 10.2. The molecule has 0 N–H and O–H groups in total. The molecule has 0 saturated carbocycles. The van der Waals surface area contributed by atoms with Gasteiger partial charge in [0, 0.05) is 51.3 Å². The number of furan rings is 1. The largest absolute Gasteiger partial charge is 0.453 e. The van der Waals surface area contributed by atoms with Gasteiger partial charge in [-0.15, -0.1) is 0 Å². The van der Waals surface area contributed by atoms with Crippen LogP contribution in [0.4, 0.5) is 34.1 Å². The summed E-state index contributed by atoms with van der Waals surface area (Å²) < 4.78 is 9.37. The van der Waals surface area contributed by atoms with Gasteiger partial charge in [-0.2, -0.15) is 0 Å². The maximum absolute atomic E-state index is 7.19. The van der Waals surface area contributed by atoms with Crippen molar-refractivity contribution in [2.45, 2.75) is 6.92 Å². The molecule has 8 aromatic rings. The van der Waals surface area contributed by atoms with Crippen LogP contribution in [0.3, 0.4) is 0 Å². The number of hydrogen-bond donors (Lipinski definition) is 0. The van der Waals surface area contributed by atoms with Crippen LogP contribution in [0.2, 0.25) is 0 Å². The molecule has 0 atom stereocenters. The van der Waals surface area contributed by atoms with Crippen LogP contribution in [0.15, 0.2) is 156 Å². The van der Waals surface area contributed by atoms with Crippen LogP contribution < -0.4 is 30.8 Å². The molecule has 2 aromatic heterocycles. The van der Waals surface area contributed by atoms with Gasteiger partial charge >= 0.3 is 0 Å². The summed E-state index contributed by atoms with van der Waals surface area (Å²) >= 11 is 0. The number of fused-ring (bicyclic) bond motifs is 8. The second-order valence-electron chi connectivity index (χ2n) is 12.9. The first-order valence-corrected chi connectivity index (χ1v) is 16.5. The standard InChI is InChI=1S/C43H31BN3O/c1-28-23-24-31-32-25-26-34-41(43(32)48-42(31)39(28)36-20-11-12-27-45(36)2)47(30-16-7-4-8-17-30)38-22-13-21-37-40(38)44(34)33-18-9-10-19-35(33)46(37)29-14-5-3-6-15-29/h3-27H,1-2H3/q+1. The maximum Gasteiger partial charge on any atom is 0.252 e. The number of para-hydroxylation sites is 3. The summed E-state index contributed by atoms with van der Waals surface area (Å²) in [5.74, 6) is 0. The predicted octanol–water partition coefficient (Wildman–Crippen LogP) is 8.47. The lowest BCUT2D eigenvalue weighted by atomic mass is 9.33. The van der Waals surface area contributed by atoms with Gasteiger partial charge in [0.25, 0.3) is 6.71 Å². The smallest absolute Gasteiger partial charge is 0.252 e. The number of aryl methyl sites for hydroxylation is 2. The first kappa shape index (κ1) is 27.1. The van der Waals surface area contributed by atoms with Crippen molar-refractivity contribution in [2.24, 2.45) is 7.05 Å². The summed E-state index contributed by atoms with van der Waals surface area (Å²) in [6.45, 7) is 2.21. The summed E-state index contributed by atoms with van der Waals surface area (Å²) in [5, 5.41) is 2.25. The molecule has 10 rings (SSSR count). The number of rotatable bonds is 3. The van der Waals surface area contributed by atoms with E-state index in [4.69, 9.17) is 4.42 Å². The number of pyridine rings is 1. The molecular formula is C43H31BN3O+. The number of benzene rings is 6. The molecule has 0 spiro atoms. The van der Waals surface area contributed by atoms with Gasteiger partial charge in [-0.3, -0.25) is 0 Å². The average Bonchev–Trinajstić information content (AvgIpc) is 3.51. The van der Waals surface area contributed by atoms with E-state index in [0.29, 0.717) is 0 Å². The Morgan fingerprint density at radius 2 is 1.17 bits per heavy atom. The van der Waals surface area contributed by atoms with Crippen LogP contribution in [0.1, 0.15) is 5.56 Å². The Morgan fingerprint density at radius 3 is 1.94 bits per heavy atom. The molecule has 0 aliphatic carbocycles. The van der Waals surface area contributed by atoms with Gasteiger partial charge in [0.15, 0.2) is 11.8 Å². The minimum absolute atomic E-state index is 0.0352. The number of hydrogen-bond acceptors (Lipinski definition) is 3. The Balaban J connectivity index is 1.33. The monoisotopic (exact) mass is 616 g/mol. The Hall–Kier alpha value is -6.07. The Bertz CT molecular complexity index is 2560. The zero-order valence-electron chi connectivity index (χ0n) is 26.8. The van der Waals surface area contributed by atoms with Crippen molar-refractivity contribution >= 4 is 79.2 Å². The summed E-state index contributed by atoms with van der Waals surface area (Å²) in [7, 11) is 2.10. The highest BCUT2D eigenvalue weighted by atomic mass is 16.3. The molecule has 4 heterocycles. The number of nitrogens with zero attached hydrogens (tertiary/aromatic N) is 3. The van der Waals surface area contributed by atoms with Gasteiger partial charge < -0.3 is 14.2 Å². The molecule has 0 radical (unpaired) electrons. The highest BCUT2D eigenvalue weighted by Crippen LogP contribution is 2.47. The first-order valence-electron chi connectivity index (χ1n) is 16.5. The maximum atomic E-state index is 7.19. The quantitative estimate of drug-likeness (QED) is 0.147.